The topological polar surface area (TPSA) is 162 Å². The zero-order valence-electron chi connectivity index (χ0n) is 19.4. The minimum atomic E-state index is -2.34. The van der Waals surface area contributed by atoms with Gasteiger partial charge in [-0.2, -0.15) is 0 Å². The molecule has 0 unspecified atom stereocenters. The van der Waals surface area contributed by atoms with Gasteiger partial charge in [-0.15, -0.1) is 0 Å². The Labute approximate surface area is 225 Å². The number of nitrogens with one attached hydrogen (secondary N) is 1. The van der Waals surface area contributed by atoms with Gasteiger partial charge in [0, 0.05) is 12.1 Å². The summed E-state index contributed by atoms with van der Waals surface area (Å²) < 4.78 is 10.3. The number of esters is 2. The highest BCUT2D eigenvalue weighted by Crippen LogP contribution is 2.24. The van der Waals surface area contributed by atoms with E-state index in [1.54, 1.807) is 0 Å². The van der Waals surface area contributed by atoms with Crippen LogP contribution in [0.2, 0.25) is 10.0 Å². The number of aryl methyl sites for hydroxylation is 1. The Balaban J connectivity index is 1.99. The number of hydrogen-bond donors (Lipinski definition) is 2. The van der Waals surface area contributed by atoms with Gasteiger partial charge in [0.1, 0.15) is 0 Å². The zero-order chi connectivity index (χ0) is 28.0. The van der Waals surface area contributed by atoms with Gasteiger partial charge in [0.2, 0.25) is 12.2 Å². The van der Waals surface area contributed by atoms with Crippen LogP contribution in [-0.2, 0) is 19.1 Å². The number of carbonyl (C=O) groups excluding carboxylic acids is 3. The molecule has 38 heavy (non-hydrogen) atoms. The third-order valence-electron chi connectivity index (χ3n) is 5.12. The van der Waals surface area contributed by atoms with Crippen molar-refractivity contribution in [2.45, 2.75) is 19.1 Å². The summed E-state index contributed by atoms with van der Waals surface area (Å²) in [6.07, 6.45) is -4.59. The average molecular weight is 561 g/mol. The van der Waals surface area contributed by atoms with Crippen LogP contribution < -0.4 is 5.32 Å². The molecule has 3 aromatic rings. The Morgan fingerprint density at radius 3 is 1.84 bits per heavy atom. The van der Waals surface area contributed by atoms with Gasteiger partial charge >= 0.3 is 17.9 Å². The molecular weight excluding hydrogens is 543 g/mol. The largest absolute Gasteiger partial charge is 0.478 e. The Morgan fingerprint density at radius 1 is 0.868 bits per heavy atom. The third-order valence-corrected chi connectivity index (χ3v) is 5.78. The smallest absolute Gasteiger partial charge is 0.349 e. The first-order valence-corrected chi connectivity index (χ1v) is 11.4. The van der Waals surface area contributed by atoms with E-state index in [-0.39, 0.29) is 32.5 Å². The normalized spacial score (nSPS) is 12.1. The van der Waals surface area contributed by atoms with Crippen LogP contribution in [0.5, 0.6) is 0 Å². The number of aliphatic carboxylic acids is 1. The number of anilines is 1. The number of nitro benzene ring substituents is 1. The predicted octanol–water partition coefficient (Wildman–Crippen LogP) is 4.68. The number of carboxylic acid groups (broad SMARTS) is 1. The lowest BCUT2D eigenvalue weighted by Gasteiger charge is -2.24. The summed E-state index contributed by atoms with van der Waals surface area (Å²) in [5.74, 6) is -5.46. The summed E-state index contributed by atoms with van der Waals surface area (Å²) >= 11 is 12.0. The minimum Gasteiger partial charge on any atom is -0.478 e. The number of nitrogens with zero attached hydrogens (tertiary/aromatic N) is 1. The van der Waals surface area contributed by atoms with Crippen LogP contribution in [0.4, 0.5) is 11.4 Å². The molecule has 0 spiro atoms. The molecule has 1 amide bonds. The lowest BCUT2D eigenvalue weighted by atomic mass is 10.1. The second-order valence-corrected chi connectivity index (χ2v) is 8.51. The molecule has 0 fully saturated rings. The van der Waals surface area contributed by atoms with Crippen molar-refractivity contribution in [3.63, 3.8) is 0 Å². The van der Waals surface area contributed by atoms with E-state index in [0.717, 1.165) is 6.07 Å². The van der Waals surface area contributed by atoms with Crippen LogP contribution >= 0.6 is 23.2 Å². The van der Waals surface area contributed by atoms with E-state index in [2.05, 4.69) is 5.32 Å². The highest BCUT2D eigenvalue weighted by molar-refractivity contribution is 6.34. The molecule has 0 radical (unpaired) electrons. The molecule has 13 heteroatoms. The van der Waals surface area contributed by atoms with Crippen molar-refractivity contribution in [2.75, 3.05) is 5.32 Å². The lowest BCUT2D eigenvalue weighted by Crippen LogP contribution is -2.48. The molecule has 0 bridgehead atoms. The summed E-state index contributed by atoms with van der Waals surface area (Å²) in [4.78, 5) is 61.4. The number of carboxylic acids is 1. The van der Waals surface area contributed by atoms with E-state index in [1.165, 1.54) is 67.6 Å². The highest BCUT2D eigenvalue weighted by Gasteiger charge is 2.41. The van der Waals surface area contributed by atoms with Gasteiger partial charge in [-0.3, -0.25) is 14.9 Å². The van der Waals surface area contributed by atoms with Crippen LogP contribution in [0.25, 0.3) is 0 Å². The van der Waals surface area contributed by atoms with Crippen LogP contribution in [0.15, 0.2) is 66.7 Å². The molecule has 11 nitrogen and oxygen atoms in total. The van der Waals surface area contributed by atoms with Gasteiger partial charge in [-0.25, -0.2) is 14.4 Å². The first-order valence-electron chi connectivity index (χ1n) is 10.7. The predicted molar refractivity (Wildman–Crippen MR) is 135 cm³/mol. The fourth-order valence-electron chi connectivity index (χ4n) is 3.17. The number of carbonyl (C=O) groups is 4. The highest BCUT2D eigenvalue weighted by atomic mass is 35.5. The maximum absolute atomic E-state index is 13.3. The fourth-order valence-corrected chi connectivity index (χ4v) is 3.59. The number of ether oxygens (including phenoxy) is 2. The van der Waals surface area contributed by atoms with Gasteiger partial charge < -0.3 is 19.9 Å². The van der Waals surface area contributed by atoms with E-state index in [9.17, 15) is 34.4 Å². The average Bonchev–Trinajstić information content (AvgIpc) is 2.87. The summed E-state index contributed by atoms with van der Waals surface area (Å²) in [5.41, 5.74) is -0.452. The molecule has 0 aliphatic carbocycles. The van der Waals surface area contributed by atoms with Crippen LogP contribution in [0, 0.1) is 17.0 Å². The van der Waals surface area contributed by atoms with E-state index in [0.29, 0.717) is 5.56 Å². The standard InChI is InChI=1S/C25H18Cl2N2O9/c1-13-10-11-14(29(35)36)12-19(13)28-22(30)20(37-24(33)15-6-2-4-8-17(15)26)21(23(31)32)38-25(34)16-7-3-5-9-18(16)27/h2-12,20-21H,1H3,(H,28,30)(H,31,32)/t20-,21+/m1/s1. The summed E-state index contributed by atoms with van der Waals surface area (Å²) in [6.45, 7) is 1.52. The first kappa shape index (κ1) is 28.1. The molecule has 0 aliphatic heterocycles. The summed E-state index contributed by atoms with van der Waals surface area (Å²) in [5, 5.41) is 23.2. The van der Waals surface area contributed by atoms with E-state index in [1.807, 2.05) is 0 Å². The molecule has 0 heterocycles. The van der Waals surface area contributed by atoms with Crippen LogP contribution in [0.3, 0.4) is 0 Å². The number of amides is 1. The Morgan fingerprint density at radius 2 is 1.37 bits per heavy atom. The number of halogens is 2. The van der Waals surface area contributed by atoms with Gasteiger partial charge in [0.15, 0.2) is 0 Å². The van der Waals surface area contributed by atoms with Gasteiger partial charge in [-0.05, 0) is 36.8 Å². The van der Waals surface area contributed by atoms with Crippen molar-refractivity contribution in [3.8, 4) is 0 Å². The molecule has 2 atom stereocenters. The second-order valence-electron chi connectivity index (χ2n) is 7.70. The second kappa shape index (κ2) is 12.2. The molecular formula is C25H18Cl2N2O9. The fraction of sp³-hybridized carbons (Fsp3) is 0.120. The third kappa shape index (κ3) is 6.64. The SMILES string of the molecule is Cc1ccc([N+](=O)[O-])cc1NC(=O)[C@H](OC(=O)c1ccccc1Cl)[C@H](OC(=O)c1ccccc1Cl)C(=O)O. The lowest BCUT2D eigenvalue weighted by molar-refractivity contribution is -0.384. The first-order chi connectivity index (χ1) is 18.0. The van der Waals surface area contributed by atoms with Crippen LogP contribution in [-0.4, -0.2) is 46.1 Å². The molecule has 196 valence electrons. The van der Waals surface area contributed by atoms with Crippen LogP contribution in [0.1, 0.15) is 26.3 Å². The monoisotopic (exact) mass is 560 g/mol. The summed E-state index contributed by atoms with van der Waals surface area (Å²) in [6, 6.07) is 14.8. The van der Waals surface area contributed by atoms with E-state index in [4.69, 9.17) is 32.7 Å². The minimum absolute atomic E-state index is 0.0499. The Bertz CT molecular complexity index is 1430. The zero-order valence-corrected chi connectivity index (χ0v) is 20.9. The van der Waals surface area contributed by atoms with Gasteiger partial charge in [0.05, 0.1) is 31.8 Å². The van der Waals surface area contributed by atoms with Gasteiger partial charge in [-0.1, -0.05) is 53.5 Å². The molecule has 0 saturated carbocycles. The van der Waals surface area contributed by atoms with Crippen molar-refractivity contribution in [2.24, 2.45) is 0 Å². The van der Waals surface area contributed by atoms with Gasteiger partial charge in [0.25, 0.3) is 11.6 Å². The Kier molecular flexibility index (Phi) is 9.00. The molecule has 3 aromatic carbocycles. The van der Waals surface area contributed by atoms with Crippen molar-refractivity contribution in [3.05, 3.63) is 104 Å². The quantitative estimate of drug-likeness (QED) is 0.215. The van der Waals surface area contributed by atoms with Crippen molar-refractivity contribution >= 4 is 58.4 Å². The number of hydrogen-bond acceptors (Lipinski definition) is 8. The molecule has 2 N–H and O–H groups in total. The molecule has 0 aliphatic rings. The molecule has 3 rings (SSSR count). The van der Waals surface area contributed by atoms with Crippen molar-refractivity contribution in [1.82, 2.24) is 0 Å². The number of non-ortho nitro benzene ring substituents is 1. The van der Waals surface area contributed by atoms with Crippen molar-refractivity contribution in [1.29, 1.82) is 0 Å². The van der Waals surface area contributed by atoms with E-state index >= 15 is 0 Å². The van der Waals surface area contributed by atoms with E-state index < -0.39 is 40.9 Å². The van der Waals surface area contributed by atoms with Crippen molar-refractivity contribution < 1.29 is 38.7 Å². The number of benzene rings is 3. The molecule has 0 aromatic heterocycles. The number of rotatable bonds is 9. The maximum Gasteiger partial charge on any atom is 0.349 e. The number of nitro groups is 1. The molecule has 0 saturated heterocycles. The maximum atomic E-state index is 13.3. The summed E-state index contributed by atoms with van der Waals surface area (Å²) in [7, 11) is 0. The Hall–Kier alpha value is -4.48.